The summed E-state index contributed by atoms with van der Waals surface area (Å²) in [5.74, 6) is 1.70. The van der Waals surface area contributed by atoms with Crippen LogP contribution < -0.4 is 19.5 Å². The van der Waals surface area contributed by atoms with E-state index in [4.69, 9.17) is 19.2 Å². The second kappa shape index (κ2) is 15.3. The van der Waals surface area contributed by atoms with Gasteiger partial charge in [0, 0.05) is 44.2 Å². The fourth-order valence-electron chi connectivity index (χ4n) is 5.24. The van der Waals surface area contributed by atoms with Gasteiger partial charge in [0.25, 0.3) is 0 Å². The van der Waals surface area contributed by atoms with Gasteiger partial charge >= 0.3 is 6.09 Å². The van der Waals surface area contributed by atoms with Crippen LogP contribution in [0.5, 0.6) is 11.6 Å². The van der Waals surface area contributed by atoms with Gasteiger partial charge in [0.1, 0.15) is 31.6 Å². The summed E-state index contributed by atoms with van der Waals surface area (Å²) in [4.78, 5) is 39.7. The van der Waals surface area contributed by atoms with Crippen molar-refractivity contribution in [1.29, 1.82) is 0 Å². The van der Waals surface area contributed by atoms with Crippen molar-refractivity contribution in [3.8, 4) is 11.6 Å². The summed E-state index contributed by atoms with van der Waals surface area (Å²) in [6.45, 7) is 18.6. The Hall–Kier alpha value is -3.24. The van der Waals surface area contributed by atoms with Gasteiger partial charge in [-0.2, -0.15) is 4.98 Å². The van der Waals surface area contributed by atoms with Crippen LogP contribution in [0, 0.1) is 6.92 Å². The third-order valence-electron chi connectivity index (χ3n) is 8.06. The molecule has 49 heavy (non-hydrogen) atoms. The Bertz CT molecular complexity index is 1660. The van der Waals surface area contributed by atoms with Crippen molar-refractivity contribution in [2.24, 2.45) is 0 Å². The quantitative estimate of drug-likeness (QED) is 0.222. The molecule has 1 unspecified atom stereocenters. The van der Waals surface area contributed by atoms with Crippen LogP contribution in [-0.2, 0) is 32.5 Å². The molecule has 1 aromatic heterocycles. The first kappa shape index (κ1) is 38.6. The van der Waals surface area contributed by atoms with Crippen LogP contribution in [0.2, 0.25) is 0 Å². The van der Waals surface area contributed by atoms with E-state index in [0.29, 0.717) is 73.7 Å². The van der Waals surface area contributed by atoms with Gasteiger partial charge in [-0.1, -0.05) is 49.4 Å². The molecule has 4 rings (SSSR count). The summed E-state index contributed by atoms with van der Waals surface area (Å²) < 4.78 is 31.7. The number of rotatable bonds is 9. The Labute approximate surface area is 306 Å². The number of hydrogen-bond acceptors (Lipinski definition) is 9. The van der Waals surface area contributed by atoms with Crippen LogP contribution in [-0.4, -0.2) is 84.5 Å². The van der Waals surface area contributed by atoms with Gasteiger partial charge in [0.2, 0.25) is 11.8 Å². The molecule has 0 radical (unpaired) electrons. The van der Waals surface area contributed by atoms with E-state index in [1.807, 2.05) is 58.9 Å². The van der Waals surface area contributed by atoms with Crippen molar-refractivity contribution < 1.29 is 28.0 Å². The summed E-state index contributed by atoms with van der Waals surface area (Å²) in [5.41, 5.74) is 2.83. The highest BCUT2D eigenvalue weighted by Crippen LogP contribution is 2.41. The van der Waals surface area contributed by atoms with Crippen LogP contribution in [0.25, 0.3) is 0 Å². The number of alkyl halides is 1. The Kier molecular flexibility index (Phi) is 12.1. The first-order chi connectivity index (χ1) is 22.8. The number of ether oxygens (including phenoxy) is 3. The molecule has 0 saturated carbocycles. The first-order valence-corrected chi connectivity index (χ1v) is 18.9. The van der Waals surface area contributed by atoms with E-state index in [0.717, 1.165) is 16.7 Å². The number of anilines is 2. The van der Waals surface area contributed by atoms with Gasteiger partial charge in [-0.3, -0.25) is 9.69 Å². The number of aryl methyl sites for hydroxylation is 1. The molecule has 2 aromatic rings. The molecule has 12 nitrogen and oxygen atoms in total. The van der Waals surface area contributed by atoms with Crippen molar-refractivity contribution in [3.05, 3.63) is 58.8 Å². The summed E-state index contributed by atoms with van der Waals surface area (Å²) in [5, 5.41) is 3.08. The Morgan fingerprint density at radius 3 is 2.31 bits per heavy atom. The third kappa shape index (κ3) is 10.2. The van der Waals surface area contributed by atoms with E-state index >= 15 is 0 Å². The molecule has 2 aliphatic rings. The summed E-state index contributed by atoms with van der Waals surface area (Å²) in [6.07, 6.45) is 7.25. The Morgan fingerprint density at radius 2 is 1.71 bits per heavy atom. The van der Waals surface area contributed by atoms with Crippen LogP contribution >= 0.6 is 22.6 Å². The Morgan fingerprint density at radius 1 is 1.06 bits per heavy atom. The summed E-state index contributed by atoms with van der Waals surface area (Å²) >= 11 is 2.16. The Balaban J connectivity index is 1.51. The van der Waals surface area contributed by atoms with E-state index in [-0.39, 0.29) is 17.4 Å². The molecular weight excluding hydrogens is 759 g/mol. The van der Waals surface area contributed by atoms with Crippen LogP contribution in [0.1, 0.15) is 71.8 Å². The van der Waals surface area contributed by atoms with E-state index in [9.17, 15) is 13.8 Å². The van der Waals surface area contributed by atoms with Gasteiger partial charge in [-0.25, -0.2) is 14.0 Å². The standard InChI is InChI=1S/C35H49IN6O6S/c1-22-11-12-35(36,31(43)38-25-17-24(33(3,4)5)18-26(29(25)46-9)40-49(10)45)19-27(22)47-30-23(2)20-37-28(39-30)21-41-13-15-42(16-14-41)32(44)48-34(6,7)8/h11,17-20,40H,12-16,21H2,1-10H3,(H,38,43)/t35-,49?/m0/s1. The average Bonchev–Trinajstić information content (AvgIpc) is 2.99. The number of carbonyl (C=O) groups excluding carboxylic acids is 2. The molecule has 268 valence electrons. The van der Waals surface area contributed by atoms with Crippen molar-refractivity contribution in [1.82, 2.24) is 19.8 Å². The van der Waals surface area contributed by atoms with Gasteiger partial charge in [0.05, 0.1) is 25.0 Å². The largest absolute Gasteiger partial charge is 0.492 e. The number of aromatic nitrogens is 2. The van der Waals surface area contributed by atoms with Crippen LogP contribution in [0.4, 0.5) is 16.2 Å². The average molecular weight is 809 g/mol. The van der Waals surface area contributed by atoms with Crippen molar-refractivity contribution in [2.75, 3.05) is 49.6 Å². The maximum absolute atomic E-state index is 14.0. The highest BCUT2D eigenvalue weighted by molar-refractivity contribution is 14.1. The molecule has 2 atom stereocenters. The van der Waals surface area contributed by atoms with Crippen LogP contribution in [0.15, 0.2) is 41.8 Å². The van der Waals surface area contributed by atoms with Crippen molar-refractivity contribution >= 4 is 57.0 Å². The van der Waals surface area contributed by atoms with Crippen molar-refractivity contribution in [2.45, 2.75) is 82.8 Å². The van der Waals surface area contributed by atoms with Gasteiger partial charge in [0.15, 0.2) is 5.75 Å². The fourth-order valence-corrected chi connectivity index (χ4v) is 6.34. The molecule has 2 N–H and O–H groups in total. The summed E-state index contributed by atoms with van der Waals surface area (Å²) in [7, 11) is 0.172. The number of amides is 2. The zero-order valence-electron chi connectivity index (χ0n) is 30.2. The molecule has 1 saturated heterocycles. The van der Waals surface area contributed by atoms with Gasteiger partial charge < -0.3 is 29.1 Å². The highest BCUT2D eigenvalue weighted by atomic mass is 127. The van der Waals surface area contributed by atoms with Gasteiger partial charge in [-0.15, -0.1) is 0 Å². The summed E-state index contributed by atoms with van der Waals surface area (Å²) in [6, 6.07) is 3.80. The molecule has 0 bridgehead atoms. The van der Waals surface area contributed by atoms with Gasteiger partial charge in [-0.05, 0) is 75.8 Å². The lowest BCUT2D eigenvalue weighted by atomic mass is 9.86. The first-order valence-electron chi connectivity index (χ1n) is 16.2. The van der Waals surface area contributed by atoms with E-state index in [1.54, 1.807) is 17.4 Å². The molecule has 2 heterocycles. The number of nitrogens with zero attached hydrogens (tertiary/aromatic N) is 4. The number of carbonyl (C=O) groups is 2. The smallest absolute Gasteiger partial charge is 0.410 e. The highest BCUT2D eigenvalue weighted by Gasteiger charge is 2.37. The number of allylic oxidation sites excluding steroid dienone is 2. The second-order valence-corrected chi connectivity index (χ2v) is 17.5. The molecule has 0 spiro atoms. The minimum atomic E-state index is -1.35. The predicted octanol–water partition coefficient (Wildman–Crippen LogP) is 6.27. The zero-order chi connectivity index (χ0) is 36.3. The SMILES string of the molecule is COc1c(NC(=O)[C@@]2(I)C=C(Oc3nc(CN4CCN(C(=O)OC(C)(C)C)CC4)ncc3C)C(C)=CC2)cc(C(C)(C)C)cc1NS(C)=O. The molecule has 1 aliphatic carbocycles. The second-order valence-electron chi connectivity index (χ2n) is 14.4. The molecular formula is C35H49IN6O6S. The normalized spacial score (nSPS) is 19.4. The number of methoxy groups -OCH3 is 1. The minimum absolute atomic E-state index is 0.242. The maximum Gasteiger partial charge on any atom is 0.410 e. The maximum atomic E-state index is 14.0. The molecule has 14 heteroatoms. The number of piperazine rings is 1. The minimum Gasteiger partial charge on any atom is -0.492 e. The topological polar surface area (TPSA) is 135 Å². The van der Waals surface area contributed by atoms with E-state index in [2.05, 4.69) is 63.3 Å². The molecule has 2 amide bonds. The number of nitrogens with one attached hydrogen (secondary N) is 2. The lowest BCUT2D eigenvalue weighted by molar-refractivity contribution is -0.117. The lowest BCUT2D eigenvalue weighted by Gasteiger charge is -2.35. The van der Waals surface area contributed by atoms with Crippen LogP contribution in [0.3, 0.4) is 0 Å². The number of hydrogen-bond donors (Lipinski definition) is 2. The van der Waals surface area contributed by atoms with E-state index < -0.39 is 20.0 Å². The zero-order valence-corrected chi connectivity index (χ0v) is 33.1. The fraction of sp³-hybridized carbons (Fsp3) is 0.543. The monoisotopic (exact) mass is 808 g/mol. The van der Waals surface area contributed by atoms with E-state index in [1.165, 1.54) is 7.11 Å². The number of halogens is 1. The number of benzene rings is 1. The molecule has 1 fully saturated rings. The third-order valence-corrected chi connectivity index (χ3v) is 9.81. The molecule has 1 aliphatic heterocycles. The lowest BCUT2D eigenvalue weighted by Crippen LogP contribution is -2.49. The molecule has 1 aromatic carbocycles. The van der Waals surface area contributed by atoms with Crippen molar-refractivity contribution in [3.63, 3.8) is 0 Å². The predicted molar refractivity (Wildman–Crippen MR) is 202 cm³/mol.